The fraction of sp³-hybridized carbons (Fsp3) is 0.550. The van der Waals surface area contributed by atoms with Gasteiger partial charge >= 0.3 is 12.0 Å². The first-order chi connectivity index (χ1) is 12.8. The van der Waals surface area contributed by atoms with E-state index in [1.54, 1.807) is 29.2 Å². The summed E-state index contributed by atoms with van der Waals surface area (Å²) in [5, 5.41) is 5.34. The summed E-state index contributed by atoms with van der Waals surface area (Å²) in [6.07, 6.45) is 1.10. The summed E-state index contributed by atoms with van der Waals surface area (Å²) in [5.41, 5.74) is 0.554. The molecule has 1 heterocycles. The van der Waals surface area contributed by atoms with Gasteiger partial charge in [0.1, 0.15) is 0 Å². The number of esters is 1. The van der Waals surface area contributed by atoms with Crippen molar-refractivity contribution in [3.05, 3.63) is 29.8 Å². The van der Waals surface area contributed by atoms with E-state index in [-0.39, 0.29) is 24.1 Å². The van der Waals surface area contributed by atoms with Crippen molar-refractivity contribution in [1.29, 1.82) is 0 Å². The normalized spacial score (nSPS) is 19.5. The van der Waals surface area contributed by atoms with Crippen LogP contribution < -0.4 is 10.6 Å². The molecule has 7 heteroatoms. The molecule has 7 nitrogen and oxygen atoms in total. The summed E-state index contributed by atoms with van der Waals surface area (Å²) in [4.78, 5) is 38.5. The van der Waals surface area contributed by atoms with Gasteiger partial charge in [0.25, 0.3) is 5.91 Å². The minimum atomic E-state index is -0.637. The molecule has 27 heavy (non-hydrogen) atoms. The number of nitrogens with one attached hydrogen (secondary N) is 2. The number of urea groups is 1. The van der Waals surface area contributed by atoms with Gasteiger partial charge in [0.2, 0.25) is 0 Å². The highest BCUT2D eigenvalue weighted by molar-refractivity contribution is 6.01. The Balaban J connectivity index is 1.96. The molecule has 0 saturated carbocycles. The zero-order chi connectivity index (χ0) is 20.0. The number of likely N-dealkylation sites (tertiary alicyclic amines) is 1. The Bertz CT molecular complexity index is 680. The molecule has 2 unspecified atom stereocenters. The first-order valence-electron chi connectivity index (χ1n) is 9.37. The molecule has 3 amide bonds. The molecule has 2 atom stereocenters. The molecule has 1 aliphatic rings. The van der Waals surface area contributed by atoms with Crippen molar-refractivity contribution in [2.24, 2.45) is 11.8 Å². The van der Waals surface area contributed by atoms with Crippen LogP contribution in [0, 0.1) is 11.8 Å². The highest BCUT2D eigenvalue weighted by Gasteiger charge is 2.26. The second-order valence-corrected chi connectivity index (χ2v) is 7.62. The SMILES string of the molecule is CC1CC(C)CN(C(=O)COC(=O)c2ccccc2NC(=O)NC(C)C)C1. The van der Waals surface area contributed by atoms with E-state index in [1.165, 1.54) is 0 Å². The first kappa shape index (κ1) is 20.7. The maximum atomic E-state index is 12.4. The van der Waals surface area contributed by atoms with E-state index in [9.17, 15) is 14.4 Å². The largest absolute Gasteiger partial charge is 0.452 e. The van der Waals surface area contributed by atoms with Gasteiger partial charge in [-0.3, -0.25) is 4.79 Å². The van der Waals surface area contributed by atoms with E-state index in [0.29, 0.717) is 30.6 Å². The lowest BCUT2D eigenvalue weighted by Crippen LogP contribution is -2.44. The lowest BCUT2D eigenvalue weighted by Gasteiger charge is -2.34. The summed E-state index contributed by atoms with van der Waals surface area (Å²) >= 11 is 0. The van der Waals surface area contributed by atoms with E-state index < -0.39 is 12.0 Å². The lowest BCUT2D eigenvalue weighted by molar-refractivity contribution is -0.137. The molecule has 1 fully saturated rings. The maximum absolute atomic E-state index is 12.4. The Morgan fingerprint density at radius 1 is 1.15 bits per heavy atom. The van der Waals surface area contributed by atoms with Crippen LogP contribution in [0.15, 0.2) is 24.3 Å². The number of ether oxygens (including phenoxy) is 1. The van der Waals surface area contributed by atoms with Crippen LogP contribution in [0.25, 0.3) is 0 Å². The van der Waals surface area contributed by atoms with Crippen LogP contribution in [0.4, 0.5) is 10.5 Å². The molecule has 0 aromatic heterocycles. The smallest absolute Gasteiger partial charge is 0.340 e. The van der Waals surface area contributed by atoms with E-state index >= 15 is 0 Å². The third kappa shape index (κ3) is 6.27. The summed E-state index contributed by atoms with van der Waals surface area (Å²) in [7, 11) is 0. The monoisotopic (exact) mass is 375 g/mol. The van der Waals surface area contributed by atoms with Crippen LogP contribution >= 0.6 is 0 Å². The van der Waals surface area contributed by atoms with Gasteiger partial charge in [-0.15, -0.1) is 0 Å². The number of nitrogens with zero attached hydrogens (tertiary/aromatic N) is 1. The number of carbonyl (C=O) groups is 3. The zero-order valence-corrected chi connectivity index (χ0v) is 16.5. The molecule has 0 radical (unpaired) electrons. The number of piperidine rings is 1. The molecule has 0 spiro atoms. The first-order valence-corrected chi connectivity index (χ1v) is 9.37. The molecule has 1 aromatic rings. The summed E-state index contributed by atoms with van der Waals surface area (Å²) in [6.45, 7) is 8.99. The van der Waals surface area contributed by atoms with Crippen LogP contribution in [-0.4, -0.2) is 48.5 Å². The Morgan fingerprint density at radius 3 is 2.41 bits per heavy atom. The predicted molar refractivity (Wildman–Crippen MR) is 104 cm³/mol. The van der Waals surface area contributed by atoms with Gasteiger partial charge in [-0.2, -0.15) is 0 Å². The van der Waals surface area contributed by atoms with E-state index in [2.05, 4.69) is 24.5 Å². The van der Waals surface area contributed by atoms with Crippen molar-refractivity contribution in [2.45, 2.75) is 40.2 Å². The highest BCUT2D eigenvalue weighted by Crippen LogP contribution is 2.21. The molecule has 148 valence electrons. The Morgan fingerprint density at radius 2 is 1.78 bits per heavy atom. The fourth-order valence-electron chi connectivity index (χ4n) is 3.35. The number of benzene rings is 1. The number of rotatable bonds is 5. The molecule has 2 N–H and O–H groups in total. The van der Waals surface area contributed by atoms with Gasteiger partial charge in [-0.1, -0.05) is 26.0 Å². The van der Waals surface area contributed by atoms with Crippen LogP contribution in [0.1, 0.15) is 44.5 Å². The Hall–Kier alpha value is -2.57. The van der Waals surface area contributed by atoms with Crippen LogP contribution in [-0.2, 0) is 9.53 Å². The second-order valence-electron chi connectivity index (χ2n) is 7.62. The lowest BCUT2D eigenvalue weighted by atomic mass is 9.92. The summed E-state index contributed by atoms with van der Waals surface area (Å²) < 4.78 is 5.22. The number of anilines is 1. The predicted octanol–water partition coefficient (Wildman–Crippen LogP) is 2.88. The third-order valence-electron chi connectivity index (χ3n) is 4.36. The van der Waals surface area contributed by atoms with Gasteiger partial charge in [0.15, 0.2) is 6.61 Å². The molecule has 1 aromatic carbocycles. The van der Waals surface area contributed by atoms with Crippen molar-refractivity contribution >= 4 is 23.6 Å². The van der Waals surface area contributed by atoms with Gasteiger partial charge in [-0.25, -0.2) is 9.59 Å². The number of hydrogen-bond donors (Lipinski definition) is 2. The van der Waals surface area contributed by atoms with Gasteiger partial charge in [0.05, 0.1) is 11.3 Å². The van der Waals surface area contributed by atoms with Crippen LogP contribution in [0.5, 0.6) is 0 Å². The third-order valence-corrected chi connectivity index (χ3v) is 4.36. The minimum Gasteiger partial charge on any atom is -0.452 e. The fourth-order valence-corrected chi connectivity index (χ4v) is 3.35. The van der Waals surface area contributed by atoms with Crippen molar-refractivity contribution in [3.63, 3.8) is 0 Å². The molecule has 1 aliphatic heterocycles. The van der Waals surface area contributed by atoms with E-state index in [4.69, 9.17) is 4.74 Å². The van der Waals surface area contributed by atoms with Crippen molar-refractivity contribution in [3.8, 4) is 0 Å². The average molecular weight is 375 g/mol. The standard InChI is InChI=1S/C20H29N3O4/c1-13(2)21-20(26)22-17-8-6-5-7-16(17)19(25)27-12-18(24)23-10-14(3)9-15(4)11-23/h5-8,13-15H,9-12H2,1-4H3,(H2,21,22,26). The molecular weight excluding hydrogens is 346 g/mol. The molecule has 0 aliphatic carbocycles. The second kappa shape index (κ2) is 9.39. The molecule has 1 saturated heterocycles. The van der Waals surface area contributed by atoms with Gasteiger partial charge in [-0.05, 0) is 44.2 Å². The molecule has 2 rings (SSSR count). The number of hydrogen-bond acceptors (Lipinski definition) is 4. The Labute approximate surface area is 160 Å². The van der Waals surface area contributed by atoms with Crippen molar-refractivity contribution in [1.82, 2.24) is 10.2 Å². The maximum Gasteiger partial charge on any atom is 0.340 e. The number of para-hydroxylation sites is 1. The van der Waals surface area contributed by atoms with Crippen molar-refractivity contribution in [2.75, 3.05) is 25.0 Å². The quantitative estimate of drug-likeness (QED) is 0.775. The van der Waals surface area contributed by atoms with E-state index in [0.717, 1.165) is 6.42 Å². The molecular formula is C20H29N3O4. The highest BCUT2D eigenvalue weighted by atomic mass is 16.5. The molecule has 0 bridgehead atoms. The average Bonchev–Trinajstić information content (AvgIpc) is 2.58. The topological polar surface area (TPSA) is 87.7 Å². The Kier molecular flexibility index (Phi) is 7.21. The summed E-state index contributed by atoms with van der Waals surface area (Å²) in [6, 6.07) is 6.13. The number of carbonyl (C=O) groups excluding carboxylic acids is 3. The van der Waals surface area contributed by atoms with Gasteiger partial charge < -0.3 is 20.3 Å². The minimum absolute atomic E-state index is 0.0314. The zero-order valence-electron chi connectivity index (χ0n) is 16.5. The van der Waals surface area contributed by atoms with Crippen LogP contribution in [0.3, 0.4) is 0 Å². The summed E-state index contributed by atoms with van der Waals surface area (Å²) in [5.74, 6) is 0.0576. The van der Waals surface area contributed by atoms with Gasteiger partial charge in [0, 0.05) is 19.1 Å². The number of amides is 3. The van der Waals surface area contributed by atoms with Crippen LogP contribution in [0.2, 0.25) is 0 Å². The van der Waals surface area contributed by atoms with E-state index in [1.807, 2.05) is 13.8 Å². The van der Waals surface area contributed by atoms with Crippen molar-refractivity contribution < 1.29 is 19.1 Å².